The number of nitrogen functional groups attached to an aromatic ring is 1. The van der Waals surface area contributed by atoms with Crippen LogP contribution >= 0.6 is 46.5 Å². The number of aromatic nitrogens is 2. The van der Waals surface area contributed by atoms with Gasteiger partial charge in [0.25, 0.3) is 0 Å². The van der Waals surface area contributed by atoms with Gasteiger partial charge < -0.3 is 5.73 Å². The molecule has 0 saturated heterocycles. The van der Waals surface area contributed by atoms with Crippen LogP contribution in [0.1, 0.15) is 5.56 Å². The van der Waals surface area contributed by atoms with Crippen LogP contribution in [-0.2, 0) is 5.75 Å². The summed E-state index contributed by atoms with van der Waals surface area (Å²) in [5.41, 5.74) is 7.39. The van der Waals surface area contributed by atoms with Gasteiger partial charge in [-0.05, 0) is 24.0 Å². The van der Waals surface area contributed by atoms with Gasteiger partial charge in [-0.25, -0.2) is 0 Å². The van der Waals surface area contributed by atoms with E-state index in [0.29, 0.717) is 10.7 Å². The topological polar surface area (TPSA) is 51.8 Å². The molecule has 3 nitrogen and oxygen atoms in total. The van der Waals surface area contributed by atoms with Crippen LogP contribution in [0.3, 0.4) is 0 Å². The fourth-order valence-electron chi connectivity index (χ4n) is 1.16. The van der Waals surface area contributed by atoms with E-state index in [1.54, 1.807) is 40.9 Å². The Kier molecular flexibility index (Phi) is 4.55. The van der Waals surface area contributed by atoms with E-state index in [-0.39, 0.29) is 0 Å². The lowest BCUT2D eigenvalue weighted by atomic mass is 10.2. The second-order valence-electron chi connectivity index (χ2n) is 3.18. The molecule has 0 radical (unpaired) electrons. The Bertz CT molecular complexity index is 515. The summed E-state index contributed by atoms with van der Waals surface area (Å²) in [4.78, 5) is 0. The molecule has 0 atom stereocenters. The molecule has 0 fully saturated rings. The Morgan fingerprint density at radius 2 is 2.12 bits per heavy atom. The molecule has 0 aliphatic carbocycles. The second-order valence-corrected chi connectivity index (χ2v) is 6.84. The molecule has 0 spiro atoms. The summed E-state index contributed by atoms with van der Waals surface area (Å²) in [7, 11) is 0. The van der Waals surface area contributed by atoms with Gasteiger partial charge in [0.15, 0.2) is 8.68 Å². The van der Waals surface area contributed by atoms with Crippen LogP contribution in [0.4, 0.5) is 5.69 Å². The summed E-state index contributed by atoms with van der Waals surface area (Å²) in [6.45, 7) is 0. The van der Waals surface area contributed by atoms with Gasteiger partial charge >= 0.3 is 0 Å². The predicted molar refractivity (Wildman–Crippen MR) is 77.1 cm³/mol. The van der Waals surface area contributed by atoms with Crippen molar-refractivity contribution in [3.05, 3.63) is 28.8 Å². The van der Waals surface area contributed by atoms with Crippen LogP contribution in [0.25, 0.3) is 0 Å². The first-order chi connectivity index (χ1) is 8.19. The SMILES string of the molecule is CSc1nnc(SCc2ccc(N)cc2Cl)s1. The third-order valence-corrected chi connectivity index (χ3v) is 5.42. The van der Waals surface area contributed by atoms with E-state index in [1.807, 2.05) is 18.4 Å². The van der Waals surface area contributed by atoms with Crippen molar-refractivity contribution in [1.82, 2.24) is 10.2 Å². The maximum Gasteiger partial charge on any atom is 0.175 e. The standard InChI is InChI=1S/C10H10ClN3S3/c1-15-9-13-14-10(17-9)16-5-6-2-3-7(12)4-8(6)11/h2-4H,5,12H2,1H3. The minimum atomic E-state index is 0.685. The Morgan fingerprint density at radius 3 is 2.76 bits per heavy atom. The molecule has 0 aliphatic rings. The molecule has 1 heterocycles. The summed E-state index contributed by atoms with van der Waals surface area (Å²) in [5.74, 6) is 0.780. The first-order valence-corrected chi connectivity index (χ1v) is 8.13. The maximum absolute atomic E-state index is 6.10. The normalized spacial score (nSPS) is 10.7. The summed E-state index contributed by atoms with van der Waals surface area (Å²) in [5, 5.41) is 8.83. The molecule has 1 aromatic carbocycles. The molecule has 1 aromatic heterocycles. The highest BCUT2D eigenvalue weighted by atomic mass is 35.5. The summed E-state index contributed by atoms with van der Waals surface area (Å²) in [6, 6.07) is 5.57. The van der Waals surface area contributed by atoms with E-state index < -0.39 is 0 Å². The average Bonchev–Trinajstić information content (AvgIpc) is 2.76. The number of rotatable bonds is 4. The van der Waals surface area contributed by atoms with E-state index >= 15 is 0 Å². The fourth-order valence-corrected chi connectivity index (χ4v) is 3.94. The number of anilines is 1. The van der Waals surface area contributed by atoms with E-state index in [1.165, 1.54) is 0 Å². The Labute approximate surface area is 117 Å². The van der Waals surface area contributed by atoms with Gasteiger partial charge in [0.05, 0.1) is 0 Å². The zero-order valence-corrected chi connectivity index (χ0v) is 12.2. The van der Waals surface area contributed by atoms with Crippen molar-refractivity contribution in [2.75, 3.05) is 12.0 Å². The van der Waals surface area contributed by atoms with E-state index in [0.717, 1.165) is 20.0 Å². The molecule has 0 saturated carbocycles. The Morgan fingerprint density at radius 1 is 1.35 bits per heavy atom. The maximum atomic E-state index is 6.10. The largest absolute Gasteiger partial charge is 0.399 e. The molecule has 0 unspecified atom stereocenters. The molecular formula is C10H10ClN3S3. The first-order valence-electron chi connectivity index (χ1n) is 4.73. The van der Waals surface area contributed by atoms with E-state index in [4.69, 9.17) is 17.3 Å². The van der Waals surface area contributed by atoms with Crippen molar-refractivity contribution in [1.29, 1.82) is 0 Å². The summed E-state index contributed by atoms with van der Waals surface area (Å²) < 4.78 is 1.94. The van der Waals surface area contributed by atoms with E-state index in [2.05, 4.69) is 10.2 Å². The molecule has 2 aromatic rings. The molecule has 90 valence electrons. The van der Waals surface area contributed by atoms with Crippen LogP contribution in [-0.4, -0.2) is 16.5 Å². The Balaban J connectivity index is 2.02. The van der Waals surface area contributed by atoms with Crippen LogP contribution in [0.15, 0.2) is 26.9 Å². The lowest BCUT2D eigenvalue weighted by Gasteiger charge is -2.02. The third-order valence-electron chi connectivity index (χ3n) is 1.99. The number of nitrogens with zero attached hydrogens (tertiary/aromatic N) is 2. The fraction of sp³-hybridized carbons (Fsp3) is 0.200. The number of thioether (sulfide) groups is 2. The van der Waals surface area contributed by atoms with Gasteiger partial charge in [-0.15, -0.1) is 10.2 Å². The highest BCUT2D eigenvalue weighted by Gasteiger charge is 2.06. The molecule has 7 heteroatoms. The van der Waals surface area contributed by atoms with Gasteiger partial charge in [-0.2, -0.15) is 0 Å². The van der Waals surface area contributed by atoms with Crippen molar-refractivity contribution >= 4 is 52.1 Å². The summed E-state index contributed by atoms with van der Waals surface area (Å²) >= 11 is 10.9. The monoisotopic (exact) mass is 303 g/mol. The van der Waals surface area contributed by atoms with Crippen molar-refractivity contribution in [3.8, 4) is 0 Å². The lowest BCUT2D eigenvalue weighted by Crippen LogP contribution is -1.87. The van der Waals surface area contributed by atoms with Crippen molar-refractivity contribution in [3.63, 3.8) is 0 Å². The smallest absolute Gasteiger partial charge is 0.175 e. The minimum absolute atomic E-state index is 0.685. The minimum Gasteiger partial charge on any atom is -0.399 e. The molecule has 0 amide bonds. The number of benzene rings is 1. The molecular weight excluding hydrogens is 294 g/mol. The van der Waals surface area contributed by atoms with Crippen molar-refractivity contribution < 1.29 is 0 Å². The Hall–Kier alpha value is -0.430. The molecule has 2 rings (SSSR count). The third kappa shape index (κ3) is 3.51. The van der Waals surface area contributed by atoms with E-state index in [9.17, 15) is 0 Å². The van der Waals surface area contributed by atoms with Gasteiger partial charge in [-0.3, -0.25) is 0 Å². The highest BCUT2D eigenvalue weighted by Crippen LogP contribution is 2.31. The molecule has 0 aliphatic heterocycles. The van der Waals surface area contributed by atoms with Crippen LogP contribution in [0.5, 0.6) is 0 Å². The number of nitrogens with two attached hydrogens (primary N) is 1. The van der Waals surface area contributed by atoms with Crippen LogP contribution in [0, 0.1) is 0 Å². The zero-order chi connectivity index (χ0) is 12.3. The number of hydrogen-bond donors (Lipinski definition) is 1. The predicted octanol–water partition coefficient (Wildman–Crippen LogP) is 3.79. The second kappa shape index (κ2) is 5.95. The van der Waals surface area contributed by atoms with Crippen LogP contribution in [0.2, 0.25) is 5.02 Å². The first kappa shape index (κ1) is 13.0. The van der Waals surface area contributed by atoms with Crippen molar-refractivity contribution in [2.45, 2.75) is 14.4 Å². The van der Waals surface area contributed by atoms with Crippen LogP contribution < -0.4 is 5.73 Å². The number of halogens is 1. The molecule has 17 heavy (non-hydrogen) atoms. The quantitative estimate of drug-likeness (QED) is 0.688. The summed E-state index contributed by atoms with van der Waals surface area (Å²) in [6.07, 6.45) is 1.99. The average molecular weight is 304 g/mol. The zero-order valence-electron chi connectivity index (χ0n) is 9.01. The van der Waals surface area contributed by atoms with Gasteiger partial charge in [0.1, 0.15) is 0 Å². The van der Waals surface area contributed by atoms with Gasteiger partial charge in [0.2, 0.25) is 0 Å². The van der Waals surface area contributed by atoms with Crippen molar-refractivity contribution in [2.24, 2.45) is 0 Å². The molecule has 0 bridgehead atoms. The lowest BCUT2D eigenvalue weighted by molar-refractivity contribution is 0.955. The van der Waals surface area contributed by atoms with Gasteiger partial charge in [-0.1, -0.05) is 52.5 Å². The highest BCUT2D eigenvalue weighted by molar-refractivity contribution is 8.02. The van der Waals surface area contributed by atoms with Gasteiger partial charge in [0, 0.05) is 16.5 Å². The molecule has 2 N–H and O–H groups in total. The number of hydrogen-bond acceptors (Lipinski definition) is 6.